The number of amides is 1. The van der Waals surface area contributed by atoms with Crippen molar-refractivity contribution in [1.29, 1.82) is 0 Å². The molecule has 3 heteroatoms. The number of hydrogen-bond acceptors (Lipinski definition) is 2. The summed E-state index contributed by atoms with van der Waals surface area (Å²) in [7, 11) is 0. The van der Waals surface area contributed by atoms with Crippen molar-refractivity contribution in [3.63, 3.8) is 0 Å². The maximum atomic E-state index is 12.6. The summed E-state index contributed by atoms with van der Waals surface area (Å²) in [6.07, 6.45) is 2.60. The van der Waals surface area contributed by atoms with Crippen LogP contribution in [-0.4, -0.2) is 19.0 Å². The molecule has 0 saturated carbocycles. The summed E-state index contributed by atoms with van der Waals surface area (Å²) >= 11 is 0. The lowest BCUT2D eigenvalue weighted by atomic mass is 9.86. The Balaban J connectivity index is 1.62. The van der Waals surface area contributed by atoms with Gasteiger partial charge in [-0.05, 0) is 66.5 Å². The molecule has 150 valence electrons. The Morgan fingerprint density at radius 1 is 1.07 bits per heavy atom. The Kier molecular flexibility index (Phi) is 6.12. The Morgan fingerprint density at radius 2 is 1.71 bits per heavy atom. The minimum absolute atomic E-state index is 0.0240. The number of piperidine rings is 1. The molecule has 1 fully saturated rings. The molecule has 2 aromatic rings. The number of carbonyl (C=O) groups excluding carboxylic acids is 1. The molecule has 2 aromatic carbocycles. The number of hydrogen-bond donors (Lipinski definition) is 1. The quantitative estimate of drug-likeness (QED) is 0.739. The molecule has 1 amide bonds. The molecular formula is C25H34N2O. The Morgan fingerprint density at radius 3 is 2.29 bits per heavy atom. The molecule has 0 aliphatic carbocycles. The average Bonchev–Trinajstić information content (AvgIpc) is 2.67. The predicted molar refractivity (Wildman–Crippen MR) is 118 cm³/mol. The molecule has 28 heavy (non-hydrogen) atoms. The average molecular weight is 379 g/mol. The fraction of sp³-hybridized carbons (Fsp3) is 0.480. The molecule has 3 nitrogen and oxygen atoms in total. The Labute approximate surface area is 170 Å². The van der Waals surface area contributed by atoms with Crippen LogP contribution in [0.5, 0.6) is 0 Å². The van der Waals surface area contributed by atoms with Crippen molar-refractivity contribution in [1.82, 2.24) is 5.32 Å². The SMILES string of the molecule is C[C@H]1CCCN(c2ccc([C@@H](C)NC(=O)c3ccc(C(C)(C)C)cc3)cc2)C1. The summed E-state index contributed by atoms with van der Waals surface area (Å²) in [6.45, 7) is 13.2. The summed E-state index contributed by atoms with van der Waals surface area (Å²) in [5, 5.41) is 3.12. The number of rotatable bonds is 4. The summed E-state index contributed by atoms with van der Waals surface area (Å²) in [5.74, 6) is 0.734. The van der Waals surface area contributed by atoms with E-state index in [0.717, 1.165) is 24.6 Å². The van der Waals surface area contributed by atoms with Crippen LogP contribution in [0.3, 0.4) is 0 Å². The second kappa shape index (κ2) is 8.38. The van der Waals surface area contributed by atoms with Crippen LogP contribution in [-0.2, 0) is 5.41 Å². The molecule has 0 unspecified atom stereocenters. The first-order chi connectivity index (χ1) is 13.2. The standard InChI is InChI=1S/C25H34N2O/c1-18-7-6-16-27(17-18)23-14-10-20(11-15-23)19(2)26-24(28)21-8-12-22(13-9-21)25(3,4)5/h8-15,18-19H,6-7,16-17H2,1-5H3,(H,26,28)/t18-,19+/m0/s1. The fourth-order valence-corrected chi connectivity index (χ4v) is 3.88. The zero-order chi connectivity index (χ0) is 20.3. The van der Waals surface area contributed by atoms with Gasteiger partial charge in [0, 0.05) is 24.3 Å². The molecule has 0 radical (unpaired) electrons. The van der Waals surface area contributed by atoms with Crippen LogP contribution in [0.4, 0.5) is 5.69 Å². The topological polar surface area (TPSA) is 32.3 Å². The second-order valence-electron chi connectivity index (χ2n) is 9.31. The third kappa shape index (κ3) is 4.95. The fourth-order valence-electron chi connectivity index (χ4n) is 3.88. The summed E-state index contributed by atoms with van der Waals surface area (Å²) < 4.78 is 0. The number of benzene rings is 2. The van der Waals surface area contributed by atoms with Crippen LogP contribution >= 0.6 is 0 Å². The van der Waals surface area contributed by atoms with Crippen molar-refractivity contribution >= 4 is 11.6 Å². The van der Waals surface area contributed by atoms with Gasteiger partial charge in [0.2, 0.25) is 0 Å². The summed E-state index contributed by atoms with van der Waals surface area (Å²) in [5.41, 5.74) is 4.45. The van der Waals surface area contributed by atoms with Gasteiger partial charge in [0.05, 0.1) is 6.04 Å². The maximum absolute atomic E-state index is 12.6. The van der Waals surface area contributed by atoms with Crippen LogP contribution in [0.2, 0.25) is 0 Å². The summed E-state index contributed by atoms with van der Waals surface area (Å²) in [4.78, 5) is 15.1. The van der Waals surface area contributed by atoms with Crippen molar-refractivity contribution in [2.75, 3.05) is 18.0 Å². The highest BCUT2D eigenvalue weighted by atomic mass is 16.1. The first-order valence-electron chi connectivity index (χ1n) is 10.5. The van der Waals surface area contributed by atoms with Gasteiger partial charge in [0.25, 0.3) is 5.91 Å². The first kappa shape index (κ1) is 20.4. The lowest BCUT2D eigenvalue weighted by Crippen LogP contribution is -2.34. The number of nitrogens with zero attached hydrogens (tertiary/aromatic N) is 1. The smallest absolute Gasteiger partial charge is 0.251 e. The van der Waals surface area contributed by atoms with E-state index in [9.17, 15) is 4.79 Å². The van der Waals surface area contributed by atoms with Crippen molar-refractivity contribution < 1.29 is 4.79 Å². The van der Waals surface area contributed by atoms with E-state index in [0.29, 0.717) is 5.56 Å². The van der Waals surface area contributed by atoms with Gasteiger partial charge in [-0.25, -0.2) is 0 Å². The minimum atomic E-state index is -0.0260. The third-order valence-corrected chi connectivity index (χ3v) is 5.78. The Bertz CT molecular complexity index is 787. The van der Waals surface area contributed by atoms with E-state index in [-0.39, 0.29) is 17.4 Å². The first-order valence-corrected chi connectivity index (χ1v) is 10.5. The van der Waals surface area contributed by atoms with Gasteiger partial charge in [-0.2, -0.15) is 0 Å². The van der Waals surface area contributed by atoms with Gasteiger partial charge in [0.1, 0.15) is 0 Å². The maximum Gasteiger partial charge on any atom is 0.251 e. The van der Waals surface area contributed by atoms with E-state index >= 15 is 0 Å². The molecule has 1 heterocycles. The normalized spacial score (nSPS) is 18.6. The molecule has 1 aliphatic heterocycles. The molecule has 0 bridgehead atoms. The second-order valence-corrected chi connectivity index (χ2v) is 9.31. The predicted octanol–water partition coefficient (Wildman–Crippen LogP) is 5.71. The molecule has 3 rings (SSSR count). The van der Waals surface area contributed by atoms with E-state index in [1.807, 2.05) is 31.2 Å². The van der Waals surface area contributed by atoms with E-state index in [4.69, 9.17) is 0 Å². The van der Waals surface area contributed by atoms with Gasteiger partial charge < -0.3 is 10.2 Å². The molecule has 1 saturated heterocycles. The molecule has 2 atom stereocenters. The highest BCUT2D eigenvalue weighted by Crippen LogP contribution is 2.25. The van der Waals surface area contributed by atoms with Crippen molar-refractivity contribution in [2.45, 2.75) is 58.9 Å². The zero-order valence-electron chi connectivity index (χ0n) is 18.0. The van der Waals surface area contributed by atoms with Crippen LogP contribution in [0.25, 0.3) is 0 Å². The molecule has 0 spiro atoms. The van der Waals surface area contributed by atoms with Gasteiger partial charge in [-0.3, -0.25) is 4.79 Å². The van der Waals surface area contributed by atoms with Crippen LogP contribution in [0, 0.1) is 5.92 Å². The summed E-state index contributed by atoms with van der Waals surface area (Å²) in [6, 6.07) is 16.6. The molecule has 1 N–H and O–H groups in total. The number of anilines is 1. The van der Waals surface area contributed by atoms with Crippen molar-refractivity contribution in [2.24, 2.45) is 5.92 Å². The minimum Gasteiger partial charge on any atom is -0.371 e. The van der Waals surface area contributed by atoms with Gasteiger partial charge in [-0.15, -0.1) is 0 Å². The lowest BCUT2D eigenvalue weighted by molar-refractivity contribution is 0.0940. The Hall–Kier alpha value is -2.29. The van der Waals surface area contributed by atoms with Gasteiger partial charge in [-0.1, -0.05) is 52.0 Å². The third-order valence-electron chi connectivity index (χ3n) is 5.78. The van der Waals surface area contributed by atoms with Crippen LogP contribution in [0.1, 0.15) is 75.0 Å². The van der Waals surface area contributed by atoms with E-state index in [1.165, 1.54) is 24.1 Å². The largest absolute Gasteiger partial charge is 0.371 e. The van der Waals surface area contributed by atoms with Gasteiger partial charge >= 0.3 is 0 Å². The zero-order valence-corrected chi connectivity index (χ0v) is 18.0. The monoisotopic (exact) mass is 378 g/mol. The number of nitrogens with one attached hydrogen (secondary N) is 1. The highest BCUT2D eigenvalue weighted by Gasteiger charge is 2.18. The van der Waals surface area contributed by atoms with Crippen molar-refractivity contribution in [3.8, 4) is 0 Å². The molecule has 0 aromatic heterocycles. The molecular weight excluding hydrogens is 344 g/mol. The van der Waals surface area contributed by atoms with Crippen LogP contribution < -0.4 is 10.2 Å². The van der Waals surface area contributed by atoms with Crippen LogP contribution in [0.15, 0.2) is 48.5 Å². The van der Waals surface area contributed by atoms with Gasteiger partial charge in [0.15, 0.2) is 0 Å². The highest BCUT2D eigenvalue weighted by molar-refractivity contribution is 5.94. The van der Waals surface area contributed by atoms with E-state index < -0.39 is 0 Å². The van der Waals surface area contributed by atoms with E-state index in [2.05, 4.69) is 62.2 Å². The van der Waals surface area contributed by atoms with E-state index in [1.54, 1.807) is 0 Å². The number of carbonyl (C=O) groups is 1. The lowest BCUT2D eigenvalue weighted by Gasteiger charge is -2.33. The molecule has 1 aliphatic rings. The van der Waals surface area contributed by atoms with Crippen molar-refractivity contribution in [3.05, 3.63) is 65.2 Å².